The van der Waals surface area contributed by atoms with Gasteiger partial charge in [0.2, 0.25) is 5.91 Å². The minimum Gasteiger partial charge on any atom is -0.505 e. The summed E-state index contributed by atoms with van der Waals surface area (Å²) >= 11 is 0. The lowest BCUT2D eigenvalue weighted by molar-refractivity contribution is -0.116. The van der Waals surface area contributed by atoms with Crippen molar-refractivity contribution < 1.29 is 22.7 Å². The van der Waals surface area contributed by atoms with Crippen LogP contribution < -0.4 is 10.6 Å². The minimum atomic E-state index is -3.10. The van der Waals surface area contributed by atoms with Gasteiger partial charge in [-0.1, -0.05) is 0 Å². The summed E-state index contributed by atoms with van der Waals surface area (Å²) in [5.74, 6) is -1.74. The van der Waals surface area contributed by atoms with E-state index in [0.29, 0.717) is 6.54 Å². The molecule has 1 heterocycles. The van der Waals surface area contributed by atoms with Crippen molar-refractivity contribution in [1.29, 1.82) is 0 Å². The van der Waals surface area contributed by atoms with Gasteiger partial charge < -0.3 is 15.7 Å². The highest BCUT2D eigenvalue weighted by atomic mass is 32.2. The zero-order valence-electron chi connectivity index (χ0n) is 10.6. The normalized spacial score (nSPS) is 21.4. The first-order valence-corrected chi connectivity index (χ1v) is 7.90. The molecule has 0 saturated carbocycles. The first-order chi connectivity index (χ1) is 9.35. The van der Waals surface area contributed by atoms with Gasteiger partial charge in [0.25, 0.3) is 0 Å². The molecule has 0 spiro atoms. The first kappa shape index (κ1) is 14.7. The van der Waals surface area contributed by atoms with Crippen molar-refractivity contribution in [3.63, 3.8) is 0 Å². The second-order valence-corrected chi connectivity index (χ2v) is 6.91. The molecule has 20 heavy (non-hydrogen) atoms. The second-order valence-electron chi connectivity index (χ2n) is 4.68. The highest BCUT2D eigenvalue weighted by molar-refractivity contribution is 7.91. The van der Waals surface area contributed by atoms with Crippen LogP contribution in [-0.4, -0.2) is 43.5 Å². The van der Waals surface area contributed by atoms with E-state index in [0.717, 1.165) is 12.1 Å². The number of carbonyl (C=O) groups is 1. The van der Waals surface area contributed by atoms with Crippen LogP contribution in [0, 0.1) is 5.82 Å². The molecule has 1 aliphatic rings. The molecular formula is C12H15FN2O4S. The third-order valence-corrected chi connectivity index (χ3v) is 4.70. The van der Waals surface area contributed by atoms with Crippen molar-refractivity contribution in [2.45, 2.75) is 12.5 Å². The Morgan fingerprint density at radius 3 is 2.90 bits per heavy atom. The molecule has 1 saturated heterocycles. The zero-order chi connectivity index (χ0) is 14.8. The molecule has 0 aromatic heterocycles. The van der Waals surface area contributed by atoms with Crippen LogP contribution in [0.3, 0.4) is 0 Å². The van der Waals surface area contributed by atoms with E-state index in [1.54, 1.807) is 0 Å². The van der Waals surface area contributed by atoms with Gasteiger partial charge in [-0.25, -0.2) is 12.8 Å². The van der Waals surface area contributed by atoms with Crippen molar-refractivity contribution in [3.8, 4) is 5.75 Å². The van der Waals surface area contributed by atoms with Crippen LogP contribution >= 0.6 is 0 Å². The highest BCUT2D eigenvalue weighted by Gasteiger charge is 2.25. The monoisotopic (exact) mass is 302 g/mol. The summed E-state index contributed by atoms with van der Waals surface area (Å²) in [7, 11) is -3.10. The zero-order valence-corrected chi connectivity index (χ0v) is 11.4. The lowest BCUT2D eigenvalue weighted by atomic mass is 10.2. The van der Waals surface area contributed by atoms with Crippen LogP contribution in [0.2, 0.25) is 0 Å². The second kappa shape index (κ2) is 5.76. The number of halogens is 1. The largest absolute Gasteiger partial charge is 0.505 e. The van der Waals surface area contributed by atoms with Gasteiger partial charge in [0.15, 0.2) is 21.4 Å². The number of sulfone groups is 1. The smallest absolute Gasteiger partial charge is 0.225 e. The molecule has 0 radical (unpaired) electrons. The number of anilines is 1. The molecule has 0 aliphatic carbocycles. The average Bonchev–Trinajstić information content (AvgIpc) is 2.32. The van der Waals surface area contributed by atoms with Gasteiger partial charge >= 0.3 is 0 Å². The van der Waals surface area contributed by atoms with E-state index in [4.69, 9.17) is 5.11 Å². The third kappa shape index (κ3) is 3.91. The Morgan fingerprint density at radius 2 is 2.25 bits per heavy atom. The SMILES string of the molecule is O=C(CC1CS(=O)(=O)CCN1)Nc1ccc(O)c(F)c1. The quantitative estimate of drug-likeness (QED) is 0.696. The Labute approximate surface area is 115 Å². The Morgan fingerprint density at radius 1 is 1.50 bits per heavy atom. The Hall–Kier alpha value is -1.67. The molecule has 1 aromatic carbocycles. The number of aromatic hydroxyl groups is 1. The van der Waals surface area contributed by atoms with E-state index in [1.165, 1.54) is 6.07 Å². The summed E-state index contributed by atoms with van der Waals surface area (Å²) in [6, 6.07) is 3.06. The predicted octanol–water partition coefficient (Wildman–Crippen LogP) is 0.247. The topological polar surface area (TPSA) is 95.5 Å². The van der Waals surface area contributed by atoms with Crippen LogP contribution in [0.5, 0.6) is 5.75 Å². The fourth-order valence-corrected chi connectivity index (χ4v) is 3.46. The molecule has 110 valence electrons. The maximum Gasteiger partial charge on any atom is 0.225 e. The number of amides is 1. The summed E-state index contributed by atoms with van der Waals surface area (Å²) in [5.41, 5.74) is 0.212. The molecule has 1 aromatic rings. The van der Waals surface area contributed by atoms with E-state index in [1.807, 2.05) is 0 Å². The van der Waals surface area contributed by atoms with Crippen molar-refractivity contribution in [2.75, 3.05) is 23.4 Å². The molecule has 1 amide bonds. The summed E-state index contributed by atoms with van der Waals surface area (Å²) in [6.45, 7) is 0.327. The summed E-state index contributed by atoms with van der Waals surface area (Å²) in [6.07, 6.45) is -0.0122. The first-order valence-electron chi connectivity index (χ1n) is 6.08. The molecule has 1 atom stereocenters. The summed E-state index contributed by atoms with van der Waals surface area (Å²) < 4.78 is 36.0. The maximum absolute atomic E-state index is 13.1. The molecule has 6 nitrogen and oxygen atoms in total. The molecular weight excluding hydrogens is 287 g/mol. The van der Waals surface area contributed by atoms with E-state index < -0.39 is 33.4 Å². The number of benzene rings is 1. The minimum absolute atomic E-state index is 0.0122. The van der Waals surface area contributed by atoms with Crippen molar-refractivity contribution in [1.82, 2.24) is 5.32 Å². The number of phenols is 1. The number of phenolic OH excluding ortho intramolecular Hbond substituents is 1. The van der Waals surface area contributed by atoms with Crippen LogP contribution in [0.1, 0.15) is 6.42 Å². The molecule has 0 bridgehead atoms. The molecule has 1 unspecified atom stereocenters. The van der Waals surface area contributed by atoms with Gasteiger partial charge in [-0.3, -0.25) is 4.79 Å². The average molecular weight is 302 g/mol. The van der Waals surface area contributed by atoms with Gasteiger partial charge in [0.05, 0.1) is 11.5 Å². The maximum atomic E-state index is 13.1. The van der Waals surface area contributed by atoms with Crippen LogP contribution in [0.25, 0.3) is 0 Å². The predicted molar refractivity (Wildman–Crippen MR) is 71.8 cm³/mol. The molecule has 1 fully saturated rings. The Bertz CT molecular complexity index is 618. The number of hydrogen-bond acceptors (Lipinski definition) is 5. The fraction of sp³-hybridized carbons (Fsp3) is 0.417. The van der Waals surface area contributed by atoms with Crippen LogP contribution in [0.15, 0.2) is 18.2 Å². The number of rotatable bonds is 3. The van der Waals surface area contributed by atoms with E-state index in [-0.39, 0.29) is 23.6 Å². The number of carbonyl (C=O) groups excluding carboxylic acids is 1. The van der Waals surface area contributed by atoms with Gasteiger partial charge in [0, 0.05) is 30.8 Å². The number of nitrogens with one attached hydrogen (secondary N) is 2. The molecule has 8 heteroatoms. The van der Waals surface area contributed by atoms with Crippen molar-refractivity contribution in [2.24, 2.45) is 0 Å². The van der Waals surface area contributed by atoms with E-state index in [9.17, 15) is 17.6 Å². The Kier molecular flexibility index (Phi) is 4.24. The highest BCUT2D eigenvalue weighted by Crippen LogP contribution is 2.19. The summed E-state index contributed by atoms with van der Waals surface area (Å²) in [4.78, 5) is 11.8. The van der Waals surface area contributed by atoms with Gasteiger partial charge in [-0.15, -0.1) is 0 Å². The van der Waals surface area contributed by atoms with Gasteiger partial charge in [-0.2, -0.15) is 0 Å². The standard InChI is InChI=1S/C12H15FN2O4S/c13-10-5-8(1-2-11(10)16)15-12(17)6-9-7-20(18,19)4-3-14-9/h1-2,5,9,14,16H,3-4,6-7H2,(H,15,17). The van der Waals surface area contributed by atoms with E-state index >= 15 is 0 Å². The van der Waals surface area contributed by atoms with Gasteiger partial charge in [0.1, 0.15) is 0 Å². The van der Waals surface area contributed by atoms with Crippen LogP contribution in [-0.2, 0) is 14.6 Å². The fourth-order valence-electron chi connectivity index (χ4n) is 2.02. The van der Waals surface area contributed by atoms with Crippen molar-refractivity contribution in [3.05, 3.63) is 24.0 Å². The molecule has 2 rings (SSSR count). The van der Waals surface area contributed by atoms with Crippen LogP contribution in [0.4, 0.5) is 10.1 Å². The van der Waals surface area contributed by atoms with Gasteiger partial charge in [-0.05, 0) is 12.1 Å². The Balaban J connectivity index is 1.93. The molecule has 1 aliphatic heterocycles. The summed E-state index contributed by atoms with van der Waals surface area (Å²) in [5, 5.41) is 14.4. The lowest BCUT2D eigenvalue weighted by Gasteiger charge is -2.23. The van der Waals surface area contributed by atoms with E-state index in [2.05, 4.69) is 10.6 Å². The lowest BCUT2D eigenvalue weighted by Crippen LogP contribution is -2.46. The number of hydrogen-bond donors (Lipinski definition) is 3. The molecule has 3 N–H and O–H groups in total. The third-order valence-electron chi connectivity index (χ3n) is 2.96. The van der Waals surface area contributed by atoms with Crippen molar-refractivity contribution >= 4 is 21.4 Å².